The van der Waals surface area contributed by atoms with Gasteiger partial charge in [0.1, 0.15) is 0 Å². The second-order valence-electron chi connectivity index (χ2n) is 3.16. The zero-order chi connectivity index (χ0) is 12.3. The second kappa shape index (κ2) is 4.36. The Labute approximate surface area is 89.7 Å². The number of hydrogen-bond donors (Lipinski definition) is 2. The van der Waals surface area contributed by atoms with E-state index in [1.807, 2.05) is 0 Å². The Morgan fingerprint density at radius 1 is 1.31 bits per heavy atom. The number of carboxylic acid groups (broad SMARTS) is 1. The van der Waals surface area contributed by atoms with Crippen molar-refractivity contribution in [1.82, 2.24) is 0 Å². The van der Waals surface area contributed by atoms with Crippen molar-refractivity contribution in [2.45, 2.75) is 12.0 Å². The number of alkyl halides is 2. The number of benzene rings is 1. The van der Waals surface area contributed by atoms with Crippen LogP contribution in [0, 0.1) is 0 Å². The summed E-state index contributed by atoms with van der Waals surface area (Å²) in [5, 5.41) is 8.27. The molecule has 0 amide bonds. The van der Waals surface area contributed by atoms with Gasteiger partial charge in [-0.05, 0) is 0 Å². The van der Waals surface area contributed by atoms with Gasteiger partial charge >= 0.3 is 5.97 Å². The van der Waals surface area contributed by atoms with Crippen LogP contribution in [0.15, 0.2) is 30.3 Å². The van der Waals surface area contributed by atoms with Crippen LogP contribution < -0.4 is 5.73 Å². The van der Waals surface area contributed by atoms with Crippen molar-refractivity contribution < 1.29 is 23.5 Å². The Hall–Kier alpha value is -1.82. The van der Waals surface area contributed by atoms with E-state index in [0.717, 1.165) is 0 Å². The van der Waals surface area contributed by atoms with Crippen molar-refractivity contribution in [3.05, 3.63) is 35.9 Å². The first-order valence-corrected chi connectivity index (χ1v) is 4.32. The molecule has 0 aromatic heterocycles. The van der Waals surface area contributed by atoms with Crippen molar-refractivity contribution in [3.8, 4) is 0 Å². The highest BCUT2D eigenvalue weighted by atomic mass is 19.2. The molecule has 1 aromatic carbocycles. The average Bonchev–Trinajstić information content (AvgIpc) is 2.28. The molecule has 0 aliphatic carbocycles. The summed E-state index contributed by atoms with van der Waals surface area (Å²) in [5.74, 6) is -7.08. The van der Waals surface area contributed by atoms with Gasteiger partial charge in [-0.25, -0.2) is 13.6 Å². The zero-order valence-electron chi connectivity index (χ0n) is 8.06. The monoisotopic (exact) mass is 229 g/mol. The third kappa shape index (κ3) is 2.22. The molecule has 4 nitrogen and oxygen atoms in total. The van der Waals surface area contributed by atoms with E-state index in [9.17, 15) is 18.4 Å². The number of hydrogen-bond acceptors (Lipinski definition) is 3. The summed E-state index contributed by atoms with van der Waals surface area (Å²) >= 11 is 0. The molecular formula is C10H9F2NO3. The smallest absolute Gasteiger partial charge is 0.343 e. The lowest BCUT2D eigenvalue weighted by Gasteiger charge is -2.19. The van der Waals surface area contributed by atoms with Gasteiger partial charge in [0.25, 0.3) is 12.0 Å². The molecule has 0 saturated heterocycles. The van der Waals surface area contributed by atoms with Crippen LogP contribution in [0.5, 0.6) is 0 Å². The van der Waals surface area contributed by atoms with Gasteiger partial charge < -0.3 is 5.11 Å². The predicted molar refractivity (Wildman–Crippen MR) is 51.3 cm³/mol. The molecule has 0 bridgehead atoms. The van der Waals surface area contributed by atoms with Crippen molar-refractivity contribution in [1.29, 1.82) is 0 Å². The van der Waals surface area contributed by atoms with E-state index in [4.69, 9.17) is 10.8 Å². The SMILES string of the molecule is NC(F)(C(=O)c1ccccc1)C(F)C(=O)O. The molecule has 2 atom stereocenters. The quantitative estimate of drug-likeness (QED) is 0.594. The standard InChI is InChI=1S/C10H9F2NO3/c11-7(9(15)16)10(12,13)8(14)6-4-2-1-3-5-6/h1-5,7H,13H2,(H,15,16). The van der Waals surface area contributed by atoms with Gasteiger partial charge in [0.05, 0.1) is 0 Å². The third-order valence-corrected chi connectivity index (χ3v) is 1.97. The van der Waals surface area contributed by atoms with Gasteiger partial charge in [0, 0.05) is 5.56 Å². The Morgan fingerprint density at radius 3 is 2.25 bits per heavy atom. The second-order valence-corrected chi connectivity index (χ2v) is 3.16. The number of halogens is 2. The number of rotatable bonds is 4. The lowest BCUT2D eigenvalue weighted by atomic mass is 9.99. The van der Waals surface area contributed by atoms with E-state index in [1.165, 1.54) is 24.3 Å². The largest absolute Gasteiger partial charge is 0.479 e. The minimum atomic E-state index is -3.56. The molecule has 1 rings (SSSR count). The van der Waals surface area contributed by atoms with Crippen LogP contribution in [0.1, 0.15) is 10.4 Å². The molecule has 3 N–H and O–H groups in total. The molecule has 0 saturated carbocycles. The Balaban J connectivity index is 3.01. The Bertz CT molecular complexity index is 406. The van der Waals surface area contributed by atoms with Crippen molar-refractivity contribution in [2.24, 2.45) is 5.73 Å². The Kier molecular flexibility index (Phi) is 3.34. The molecule has 86 valence electrons. The number of nitrogens with two attached hydrogens (primary N) is 1. The average molecular weight is 229 g/mol. The molecule has 0 radical (unpaired) electrons. The van der Waals surface area contributed by atoms with E-state index < -0.39 is 23.7 Å². The van der Waals surface area contributed by atoms with E-state index in [2.05, 4.69) is 0 Å². The summed E-state index contributed by atoms with van der Waals surface area (Å²) in [4.78, 5) is 21.6. The van der Waals surface area contributed by atoms with Crippen molar-refractivity contribution in [2.75, 3.05) is 0 Å². The van der Waals surface area contributed by atoms with Crippen LogP contribution in [-0.2, 0) is 4.79 Å². The maximum Gasteiger partial charge on any atom is 0.343 e. The van der Waals surface area contributed by atoms with Gasteiger partial charge in [0.15, 0.2) is 0 Å². The molecule has 0 aliphatic rings. The number of carbonyl (C=O) groups excluding carboxylic acids is 1. The maximum absolute atomic E-state index is 13.5. The molecule has 0 fully saturated rings. The highest BCUT2D eigenvalue weighted by molar-refractivity contribution is 6.04. The number of Topliss-reactive ketones (excluding diaryl/α,β-unsaturated/α-hetero) is 1. The number of carbonyl (C=O) groups is 2. The first-order valence-electron chi connectivity index (χ1n) is 4.32. The van der Waals surface area contributed by atoms with Gasteiger partial charge in [0.2, 0.25) is 5.78 Å². The predicted octanol–water partition coefficient (Wildman–Crippen LogP) is 0.917. The normalized spacial score (nSPS) is 16.2. The van der Waals surface area contributed by atoms with Crippen LogP contribution in [0.25, 0.3) is 0 Å². The van der Waals surface area contributed by atoms with Crippen molar-refractivity contribution in [3.63, 3.8) is 0 Å². The molecular weight excluding hydrogens is 220 g/mol. The molecule has 2 unspecified atom stereocenters. The molecule has 0 spiro atoms. The van der Waals surface area contributed by atoms with Gasteiger partial charge in [-0.3, -0.25) is 10.5 Å². The summed E-state index contributed by atoms with van der Waals surface area (Å²) in [6.07, 6.45) is -3.10. The van der Waals surface area contributed by atoms with Crippen LogP contribution in [-0.4, -0.2) is 28.8 Å². The highest BCUT2D eigenvalue weighted by Gasteiger charge is 2.48. The van der Waals surface area contributed by atoms with E-state index in [-0.39, 0.29) is 5.56 Å². The van der Waals surface area contributed by atoms with Crippen LogP contribution in [0.4, 0.5) is 8.78 Å². The molecule has 0 aliphatic heterocycles. The van der Waals surface area contributed by atoms with Crippen LogP contribution in [0.3, 0.4) is 0 Å². The van der Waals surface area contributed by atoms with Crippen molar-refractivity contribution >= 4 is 11.8 Å². The topological polar surface area (TPSA) is 80.4 Å². The first kappa shape index (κ1) is 12.3. The minimum Gasteiger partial charge on any atom is -0.479 e. The molecule has 1 aromatic rings. The highest BCUT2D eigenvalue weighted by Crippen LogP contribution is 2.19. The molecule has 0 heterocycles. The Morgan fingerprint density at radius 2 is 1.81 bits per heavy atom. The molecule has 6 heteroatoms. The van der Waals surface area contributed by atoms with Gasteiger partial charge in [-0.15, -0.1) is 0 Å². The number of ketones is 1. The summed E-state index contributed by atoms with van der Waals surface area (Å²) in [6, 6.07) is 6.86. The van der Waals surface area contributed by atoms with Crippen LogP contribution in [0.2, 0.25) is 0 Å². The van der Waals surface area contributed by atoms with E-state index >= 15 is 0 Å². The van der Waals surface area contributed by atoms with E-state index in [1.54, 1.807) is 6.07 Å². The first-order chi connectivity index (χ1) is 7.37. The fourth-order valence-corrected chi connectivity index (χ4v) is 1.11. The number of aliphatic carboxylic acids is 1. The maximum atomic E-state index is 13.5. The molecule has 16 heavy (non-hydrogen) atoms. The van der Waals surface area contributed by atoms with Gasteiger partial charge in [-0.1, -0.05) is 30.3 Å². The number of carboxylic acids is 1. The minimum absolute atomic E-state index is 0.184. The summed E-state index contributed by atoms with van der Waals surface area (Å²) < 4.78 is 26.4. The lowest BCUT2D eigenvalue weighted by Crippen LogP contribution is -2.54. The summed E-state index contributed by atoms with van der Waals surface area (Å²) in [7, 11) is 0. The van der Waals surface area contributed by atoms with Crippen LogP contribution >= 0.6 is 0 Å². The van der Waals surface area contributed by atoms with E-state index in [0.29, 0.717) is 0 Å². The fourth-order valence-electron chi connectivity index (χ4n) is 1.11. The summed E-state index contributed by atoms with van der Waals surface area (Å²) in [5.41, 5.74) is 4.58. The van der Waals surface area contributed by atoms with Gasteiger partial charge in [-0.2, -0.15) is 0 Å². The summed E-state index contributed by atoms with van der Waals surface area (Å²) in [6.45, 7) is 0. The fraction of sp³-hybridized carbons (Fsp3) is 0.200. The lowest BCUT2D eigenvalue weighted by molar-refractivity contribution is -0.147. The third-order valence-electron chi connectivity index (χ3n) is 1.97. The zero-order valence-corrected chi connectivity index (χ0v) is 8.06.